The van der Waals surface area contributed by atoms with Crippen molar-refractivity contribution < 1.29 is 18.3 Å². The molecule has 0 radical (unpaired) electrons. The maximum absolute atomic E-state index is 12.4. The summed E-state index contributed by atoms with van der Waals surface area (Å²) in [5, 5.41) is 9.31. The number of carbonyl (C=O) groups is 1. The van der Waals surface area contributed by atoms with Crippen LogP contribution in [0.2, 0.25) is 0 Å². The zero-order chi connectivity index (χ0) is 17.7. The summed E-state index contributed by atoms with van der Waals surface area (Å²) >= 11 is 0. The van der Waals surface area contributed by atoms with Gasteiger partial charge in [0.1, 0.15) is 16.8 Å². The molecule has 0 saturated heterocycles. The minimum Gasteiger partial charge on any atom is -0.480 e. The molecular formula is C16H19N3O4S. The molecule has 0 amide bonds. The van der Waals surface area contributed by atoms with Gasteiger partial charge in [0.05, 0.1) is 0 Å². The third-order valence-corrected chi connectivity index (χ3v) is 4.82. The fourth-order valence-corrected chi connectivity index (χ4v) is 3.21. The van der Waals surface area contributed by atoms with Crippen LogP contribution in [0.1, 0.15) is 5.56 Å². The predicted molar refractivity (Wildman–Crippen MR) is 90.5 cm³/mol. The number of aliphatic carboxylic acids is 1. The summed E-state index contributed by atoms with van der Waals surface area (Å²) < 4.78 is 27.0. The summed E-state index contributed by atoms with van der Waals surface area (Å²) in [6.45, 7) is 0. The molecule has 8 heteroatoms. The molecule has 1 aromatic carbocycles. The van der Waals surface area contributed by atoms with Crippen molar-refractivity contribution in [2.24, 2.45) is 0 Å². The first-order valence-electron chi connectivity index (χ1n) is 7.22. The van der Waals surface area contributed by atoms with E-state index in [4.69, 9.17) is 0 Å². The molecule has 7 nitrogen and oxygen atoms in total. The number of nitrogens with zero attached hydrogens (tertiary/aromatic N) is 2. The molecular weight excluding hydrogens is 330 g/mol. The van der Waals surface area contributed by atoms with Crippen LogP contribution >= 0.6 is 0 Å². The minimum absolute atomic E-state index is 0.0542. The Bertz CT molecular complexity index is 790. The molecule has 0 saturated carbocycles. The third kappa shape index (κ3) is 4.53. The first-order chi connectivity index (χ1) is 11.3. The fraction of sp³-hybridized carbons (Fsp3) is 0.250. The minimum atomic E-state index is -3.98. The molecule has 0 aliphatic rings. The predicted octanol–water partition coefficient (Wildman–Crippen LogP) is 1.12. The average Bonchev–Trinajstić information content (AvgIpc) is 2.55. The van der Waals surface area contributed by atoms with Crippen molar-refractivity contribution >= 4 is 21.8 Å². The third-order valence-electron chi connectivity index (χ3n) is 3.37. The number of nitrogens with one attached hydrogen (secondary N) is 1. The van der Waals surface area contributed by atoms with Gasteiger partial charge < -0.3 is 10.0 Å². The summed E-state index contributed by atoms with van der Waals surface area (Å²) in [7, 11) is -0.405. The Labute approximate surface area is 141 Å². The van der Waals surface area contributed by atoms with Crippen LogP contribution in [0.25, 0.3) is 0 Å². The van der Waals surface area contributed by atoms with Crippen LogP contribution in [-0.2, 0) is 21.2 Å². The van der Waals surface area contributed by atoms with Crippen molar-refractivity contribution in [2.45, 2.75) is 17.4 Å². The second kappa shape index (κ2) is 7.41. The number of sulfonamides is 1. The zero-order valence-corrected chi connectivity index (χ0v) is 14.2. The molecule has 128 valence electrons. The molecule has 1 heterocycles. The molecule has 2 rings (SSSR count). The maximum Gasteiger partial charge on any atom is 0.322 e. The second-order valence-corrected chi connectivity index (χ2v) is 7.16. The van der Waals surface area contributed by atoms with Crippen LogP contribution in [-0.4, -0.2) is 44.6 Å². The van der Waals surface area contributed by atoms with Crippen molar-refractivity contribution in [3.63, 3.8) is 0 Å². The number of hydrogen-bond donors (Lipinski definition) is 2. The molecule has 0 bridgehead atoms. The summed E-state index contributed by atoms with van der Waals surface area (Å²) in [5.74, 6) is -0.631. The highest BCUT2D eigenvalue weighted by atomic mass is 32.2. The SMILES string of the molecule is CN(C)c1ccc(S(=O)(=O)N[C@H](Cc2ccccc2)C(=O)O)cn1. The Kier molecular flexibility index (Phi) is 5.53. The zero-order valence-electron chi connectivity index (χ0n) is 13.4. The van der Waals surface area contributed by atoms with E-state index in [2.05, 4.69) is 9.71 Å². The van der Waals surface area contributed by atoms with Crippen LogP contribution in [0.5, 0.6) is 0 Å². The van der Waals surface area contributed by atoms with E-state index >= 15 is 0 Å². The molecule has 0 aliphatic carbocycles. The maximum atomic E-state index is 12.4. The molecule has 24 heavy (non-hydrogen) atoms. The average molecular weight is 349 g/mol. The molecule has 2 aromatic rings. The number of benzene rings is 1. The van der Waals surface area contributed by atoms with Crippen molar-refractivity contribution in [3.05, 3.63) is 54.2 Å². The summed E-state index contributed by atoms with van der Waals surface area (Å²) in [4.78, 5) is 17.1. The van der Waals surface area contributed by atoms with Crippen molar-refractivity contribution in [1.82, 2.24) is 9.71 Å². The van der Waals surface area contributed by atoms with Crippen LogP contribution in [0.3, 0.4) is 0 Å². The Morgan fingerprint density at radius 3 is 2.38 bits per heavy atom. The van der Waals surface area contributed by atoms with Gasteiger partial charge in [-0.05, 0) is 24.1 Å². The molecule has 0 aliphatic heterocycles. The lowest BCUT2D eigenvalue weighted by atomic mass is 10.1. The summed E-state index contributed by atoms with van der Waals surface area (Å²) in [6.07, 6.45) is 1.26. The van der Waals surface area contributed by atoms with Gasteiger partial charge in [0.25, 0.3) is 0 Å². The Morgan fingerprint density at radius 1 is 1.21 bits per heavy atom. The fourth-order valence-electron chi connectivity index (χ4n) is 2.08. The van der Waals surface area contributed by atoms with E-state index in [-0.39, 0.29) is 11.3 Å². The first-order valence-corrected chi connectivity index (χ1v) is 8.70. The van der Waals surface area contributed by atoms with E-state index in [1.807, 2.05) is 0 Å². The van der Waals surface area contributed by atoms with E-state index < -0.39 is 22.0 Å². The number of aromatic nitrogens is 1. The van der Waals surface area contributed by atoms with Gasteiger partial charge >= 0.3 is 5.97 Å². The van der Waals surface area contributed by atoms with Gasteiger partial charge in [-0.2, -0.15) is 4.72 Å². The standard InChI is InChI=1S/C16H19N3O4S/c1-19(2)15-9-8-13(11-17-15)24(22,23)18-14(16(20)21)10-12-6-4-3-5-7-12/h3-9,11,14,18H,10H2,1-2H3,(H,20,21)/t14-/m1/s1. The molecule has 1 atom stereocenters. The molecule has 0 fully saturated rings. The lowest BCUT2D eigenvalue weighted by molar-refractivity contribution is -0.138. The van der Waals surface area contributed by atoms with Gasteiger partial charge in [-0.3, -0.25) is 4.79 Å². The highest BCUT2D eigenvalue weighted by Gasteiger charge is 2.26. The quantitative estimate of drug-likeness (QED) is 0.777. The van der Waals surface area contributed by atoms with Crippen LogP contribution in [0, 0.1) is 0 Å². The number of pyridine rings is 1. The monoisotopic (exact) mass is 349 g/mol. The Balaban J connectivity index is 2.19. The number of carboxylic acids is 1. The topological polar surface area (TPSA) is 99.6 Å². The van der Waals surface area contributed by atoms with Gasteiger partial charge in [-0.1, -0.05) is 30.3 Å². The second-order valence-electron chi connectivity index (χ2n) is 5.45. The van der Waals surface area contributed by atoms with Crippen molar-refractivity contribution in [1.29, 1.82) is 0 Å². The highest BCUT2D eigenvalue weighted by molar-refractivity contribution is 7.89. The Morgan fingerprint density at radius 2 is 1.88 bits per heavy atom. The normalized spacial score (nSPS) is 12.6. The highest BCUT2D eigenvalue weighted by Crippen LogP contribution is 2.14. The van der Waals surface area contributed by atoms with Gasteiger partial charge in [-0.25, -0.2) is 13.4 Å². The summed E-state index contributed by atoms with van der Waals surface area (Å²) in [6, 6.07) is 10.5. The van der Waals surface area contributed by atoms with Gasteiger partial charge in [0, 0.05) is 20.3 Å². The molecule has 2 N–H and O–H groups in total. The van der Waals surface area contributed by atoms with Gasteiger partial charge in [-0.15, -0.1) is 0 Å². The van der Waals surface area contributed by atoms with Gasteiger partial charge in [0.2, 0.25) is 10.0 Å². The van der Waals surface area contributed by atoms with E-state index in [1.165, 1.54) is 12.3 Å². The first kappa shape index (κ1) is 17.9. The van der Waals surface area contributed by atoms with Gasteiger partial charge in [0.15, 0.2) is 0 Å². The lowest BCUT2D eigenvalue weighted by Crippen LogP contribution is -2.42. The van der Waals surface area contributed by atoms with Crippen LogP contribution in [0.15, 0.2) is 53.6 Å². The largest absolute Gasteiger partial charge is 0.480 e. The summed E-state index contributed by atoms with van der Waals surface area (Å²) in [5.41, 5.74) is 0.730. The van der Waals surface area contributed by atoms with Crippen LogP contribution < -0.4 is 9.62 Å². The Hall–Kier alpha value is -2.45. The molecule has 1 aromatic heterocycles. The number of carboxylic acid groups (broad SMARTS) is 1. The number of hydrogen-bond acceptors (Lipinski definition) is 5. The van der Waals surface area contributed by atoms with Crippen molar-refractivity contribution in [2.75, 3.05) is 19.0 Å². The van der Waals surface area contributed by atoms with E-state index in [9.17, 15) is 18.3 Å². The molecule has 0 unspecified atom stereocenters. The molecule has 0 spiro atoms. The lowest BCUT2D eigenvalue weighted by Gasteiger charge is -2.16. The van der Waals surface area contributed by atoms with E-state index in [1.54, 1.807) is 55.4 Å². The number of rotatable bonds is 7. The van der Waals surface area contributed by atoms with E-state index in [0.717, 1.165) is 5.56 Å². The smallest absolute Gasteiger partial charge is 0.322 e. The number of anilines is 1. The van der Waals surface area contributed by atoms with Crippen molar-refractivity contribution in [3.8, 4) is 0 Å². The van der Waals surface area contributed by atoms with E-state index in [0.29, 0.717) is 5.82 Å². The van der Waals surface area contributed by atoms with Crippen LogP contribution in [0.4, 0.5) is 5.82 Å².